The summed E-state index contributed by atoms with van der Waals surface area (Å²) in [5.41, 5.74) is 1.33. The smallest absolute Gasteiger partial charge is 0.471 e. The van der Waals surface area contributed by atoms with E-state index in [4.69, 9.17) is 9.47 Å². The van der Waals surface area contributed by atoms with E-state index in [1.54, 1.807) is 18.2 Å². The number of hydrogen-bond donors (Lipinski definition) is 1. The maximum Gasteiger partial charge on any atom is 0.471 e. The number of carbonyl (C=O) groups is 1. The Morgan fingerprint density at radius 1 is 1.32 bits per heavy atom. The molecule has 7 heteroatoms. The van der Waals surface area contributed by atoms with Crippen LogP contribution in [0.25, 0.3) is 6.08 Å². The van der Waals surface area contributed by atoms with Crippen LogP contribution in [0.4, 0.5) is 13.2 Å². The number of ether oxygens (including phenoxy) is 2. The molecule has 0 saturated heterocycles. The number of rotatable bonds is 6. The van der Waals surface area contributed by atoms with Crippen LogP contribution in [0.2, 0.25) is 0 Å². The van der Waals surface area contributed by atoms with Crippen molar-refractivity contribution in [3.63, 3.8) is 0 Å². The van der Waals surface area contributed by atoms with Gasteiger partial charge in [0.1, 0.15) is 11.5 Å². The zero-order valence-corrected chi connectivity index (χ0v) is 12.6. The largest absolute Gasteiger partial charge is 0.496 e. The van der Waals surface area contributed by atoms with E-state index in [1.807, 2.05) is 5.32 Å². The maximum absolute atomic E-state index is 12.2. The van der Waals surface area contributed by atoms with E-state index in [0.29, 0.717) is 22.6 Å². The van der Waals surface area contributed by atoms with E-state index in [1.165, 1.54) is 21.1 Å². The van der Waals surface area contributed by atoms with E-state index in [0.717, 1.165) is 0 Å². The van der Waals surface area contributed by atoms with Crippen molar-refractivity contribution in [2.45, 2.75) is 25.6 Å². The van der Waals surface area contributed by atoms with Crippen molar-refractivity contribution in [2.75, 3.05) is 14.2 Å². The molecule has 0 bridgehead atoms. The lowest BCUT2D eigenvalue weighted by Gasteiger charge is -2.17. The first kappa shape index (κ1) is 17.9. The molecule has 0 aliphatic rings. The molecule has 0 heterocycles. The van der Waals surface area contributed by atoms with Crippen LogP contribution in [0.5, 0.6) is 11.5 Å². The molecule has 0 aliphatic heterocycles. The lowest BCUT2D eigenvalue weighted by molar-refractivity contribution is -0.174. The average Bonchev–Trinajstić information content (AvgIpc) is 2.44. The van der Waals surface area contributed by atoms with Gasteiger partial charge in [-0.2, -0.15) is 13.2 Å². The van der Waals surface area contributed by atoms with Crippen molar-refractivity contribution in [2.24, 2.45) is 0 Å². The highest BCUT2D eigenvalue weighted by molar-refractivity contribution is 5.81. The molecule has 0 fully saturated rings. The summed E-state index contributed by atoms with van der Waals surface area (Å²) in [7, 11) is 2.95. The van der Waals surface area contributed by atoms with Crippen LogP contribution in [0.1, 0.15) is 18.1 Å². The highest BCUT2D eigenvalue weighted by atomic mass is 19.4. The topological polar surface area (TPSA) is 47.6 Å². The molecule has 122 valence electrons. The molecule has 0 aromatic heterocycles. The third kappa shape index (κ3) is 4.41. The van der Waals surface area contributed by atoms with Crippen LogP contribution in [-0.4, -0.2) is 32.3 Å². The normalized spacial score (nSPS) is 12.5. The number of amides is 1. The summed E-state index contributed by atoms with van der Waals surface area (Å²) in [4.78, 5) is 10.9. The van der Waals surface area contributed by atoms with Gasteiger partial charge in [0, 0.05) is 6.04 Å². The van der Waals surface area contributed by atoms with Crippen molar-refractivity contribution in [3.8, 4) is 11.5 Å². The van der Waals surface area contributed by atoms with Crippen LogP contribution in [-0.2, 0) is 11.2 Å². The molecular formula is C15H18F3NO3. The fourth-order valence-electron chi connectivity index (χ4n) is 2.02. The fraction of sp³-hybridized carbons (Fsp3) is 0.400. The Morgan fingerprint density at radius 3 is 2.18 bits per heavy atom. The van der Waals surface area contributed by atoms with Crippen LogP contribution >= 0.6 is 0 Å². The molecule has 4 nitrogen and oxygen atoms in total. The summed E-state index contributed by atoms with van der Waals surface area (Å²) in [6.07, 6.45) is -3.13. The summed E-state index contributed by atoms with van der Waals surface area (Å²) in [5.74, 6) is -0.959. The minimum atomic E-state index is -4.89. The van der Waals surface area contributed by atoms with Crippen molar-refractivity contribution in [1.82, 2.24) is 5.32 Å². The zero-order chi connectivity index (χ0) is 16.9. The molecule has 0 aliphatic carbocycles. The molecule has 1 N–H and O–H groups in total. The van der Waals surface area contributed by atoms with Crippen LogP contribution < -0.4 is 14.8 Å². The fourth-order valence-corrected chi connectivity index (χ4v) is 2.02. The number of methoxy groups -OCH3 is 2. The Bertz CT molecular complexity index is 530. The van der Waals surface area contributed by atoms with Gasteiger partial charge in [-0.05, 0) is 31.0 Å². The first-order valence-corrected chi connectivity index (χ1v) is 6.48. The summed E-state index contributed by atoms with van der Waals surface area (Å²) in [6.45, 7) is 5.15. The predicted octanol–water partition coefficient (Wildman–Crippen LogP) is 2.96. The molecule has 22 heavy (non-hydrogen) atoms. The third-order valence-corrected chi connectivity index (χ3v) is 2.98. The van der Waals surface area contributed by atoms with Gasteiger partial charge in [-0.25, -0.2) is 0 Å². The van der Waals surface area contributed by atoms with E-state index in [2.05, 4.69) is 6.58 Å². The van der Waals surface area contributed by atoms with Crippen molar-refractivity contribution in [1.29, 1.82) is 0 Å². The Labute approximate surface area is 126 Å². The van der Waals surface area contributed by atoms with Crippen molar-refractivity contribution < 1.29 is 27.4 Å². The molecule has 1 rings (SSSR count). The lowest BCUT2D eigenvalue weighted by Crippen LogP contribution is -2.42. The van der Waals surface area contributed by atoms with E-state index in [-0.39, 0.29) is 6.42 Å². The molecule has 0 spiro atoms. The predicted molar refractivity (Wildman–Crippen MR) is 77.0 cm³/mol. The lowest BCUT2D eigenvalue weighted by atomic mass is 10.0. The Kier molecular flexibility index (Phi) is 5.84. The summed E-state index contributed by atoms with van der Waals surface area (Å²) < 4.78 is 47.1. The minimum absolute atomic E-state index is 0.200. The van der Waals surface area contributed by atoms with Gasteiger partial charge in [0.25, 0.3) is 0 Å². The van der Waals surface area contributed by atoms with E-state index in [9.17, 15) is 18.0 Å². The first-order valence-electron chi connectivity index (χ1n) is 6.48. The molecule has 0 saturated carbocycles. The molecule has 1 aromatic carbocycles. The van der Waals surface area contributed by atoms with Gasteiger partial charge >= 0.3 is 12.1 Å². The zero-order valence-electron chi connectivity index (χ0n) is 12.6. The summed E-state index contributed by atoms with van der Waals surface area (Å²) in [5, 5.41) is 1.91. The SMILES string of the molecule is C=Cc1c(OC)cc(CC(C)NC(=O)C(F)(F)F)cc1OC. The van der Waals surface area contributed by atoms with Crippen LogP contribution in [0, 0.1) is 0 Å². The van der Waals surface area contributed by atoms with E-state index < -0.39 is 18.1 Å². The minimum Gasteiger partial charge on any atom is -0.496 e. The van der Waals surface area contributed by atoms with Gasteiger partial charge in [-0.3, -0.25) is 4.79 Å². The highest BCUT2D eigenvalue weighted by Crippen LogP contribution is 2.32. The monoisotopic (exact) mass is 317 g/mol. The molecule has 1 amide bonds. The molecule has 1 atom stereocenters. The third-order valence-electron chi connectivity index (χ3n) is 2.98. The van der Waals surface area contributed by atoms with Gasteiger partial charge in [-0.15, -0.1) is 0 Å². The van der Waals surface area contributed by atoms with Gasteiger partial charge in [0.2, 0.25) is 0 Å². The second-order valence-corrected chi connectivity index (χ2v) is 4.69. The van der Waals surface area contributed by atoms with E-state index >= 15 is 0 Å². The Morgan fingerprint density at radius 2 is 1.82 bits per heavy atom. The highest BCUT2D eigenvalue weighted by Gasteiger charge is 2.39. The maximum atomic E-state index is 12.2. The van der Waals surface area contributed by atoms with Crippen LogP contribution in [0.3, 0.4) is 0 Å². The standard InChI is InChI=1S/C15H18F3NO3/c1-5-11-12(21-3)7-10(8-13(11)22-4)6-9(2)19-14(20)15(16,17)18/h5,7-9H,1,6H2,2-4H3,(H,19,20). The quantitative estimate of drug-likeness (QED) is 0.877. The molecule has 0 radical (unpaired) electrons. The number of alkyl halides is 3. The van der Waals surface area contributed by atoms with Gasteiger partial charge in [-0.1, -0.05) is 12.7 Å². The first-order chi connectivity index (χ1) is 10.2. The summed E-state index contributed by atoms with van der Waals surface area (Å²) in [6, 6.07) is 2.66. The second-order valence-electron chi connectivity index (χ2n) is 4.69. The number of nitrogens with one attached hydrogen (secondary N) is 1. The Hall–Kier alpha value is -2.18. The molecule has 1 aromatic rings. The van der Waals surface area contributed by atoms with Crippen LogP contribution in [0.15, 0.2) is 18.7 Å². The number of benzene rings is 1. The van der Waals surface area contributed by atoms with Crippen molar-refractivity contribution in [3.05, 3.63) is 29.8 Å². The second kappa shape index (κ2) is 7.20. The Balaban J connectivity index is 2.94. The van der Waals surface area contributed by atoms with Crippen molar-refractivity contribution >= 4 is 12.0 Å². The van der Waals surface area contributed by atoms with Gasteiger partial charge < -0.3 is 14.8 Å². The summed E-state index contributed by atoms with van der Waals surface area (Å²) >= 11 is 0. The molecule has 1 unspecified atom stereocenters. The number of hydrogen-bond acceptors (Lipinski definition) is 3. The average molecular weight is 317 g/mol. The number of carbonyl (C=O) groups excluding carboxylic acids is 1. The number of halogens is 3. The van der Waals surface area contributed by atoms with Gasteiger partial charge in [0.05, 0.1) is 19.8 Å². The van der Waals surface area contributed by atoms with Gasteiger partial charge in [0.15, 0.2) is 0 Å². The molecular weight excluding hydrogens is 299 g/mol.